The largest absolute Gasteiger partial charge is 0.497 e. The van der Waals surface area contributed by atoms with Crippen LogP contribution in [0.15, 0.2) is 24.3 Å². The fourth-order valence-corrected chi connectivity index (χ4v) is 3.58. The van der Waals surface area contributed by atoms with Gasteiger partial charge in [0.15, 0.2) is 0 Å². The van der Waals surface area contributed by atoms with Crippen molar-refractivity contribution in [1.82, 2.24) is 0 Å². The van der Waals surface area contributed by atoms with E-state index in [1.54, 1.807) is 7.11 Å². The first kappa shape index (κ1) is 16.2. The molecule has 0 amide bonds. The number of anilines is 1. The van der Waals surface area contributed by atoms with E-state index >= 15 is 0 Å². The Hall–Kier alpha value is -1.18. The third-order valence-corrected chi connectivity index (χ3v) is 5.19. The maximum atomic E-state index is 5.31. The van der Waals surface area contributed by atoms with Crippen LogP contribution >= 0.6 is 0 Å². The molecule has 1 fully saturated rings. The molecular formula is C19H31NO. The Balaban J connectivity index is 2.33. The standard InChI is InChI=1S/C19H31NO/c1-6-14-19(4,7-2)20(15(3)16-8-9-16)17-10-12-18(21-5)13-11-17/h10-13,15-16H,6-9,14H2,1-5H3. The molecule has 1 aliphatic carbocycles. The summed E-state index contributed by atoms with van der Waals surface area (Å²) >= 11 is 0. The van der Waals surface area contributed by atoms with Crippen LogP contribution < -0.4 is 9.64 Å². The SMILES string of the molecule is CCCC(C)(CC)N(c1ccc(OC)cc1)C(C)C1CC1. The third kappa shape index (κ3) is 3.53. The van der Waals surface area contributed by atoms with Crippen LogP contribution in [0.2, 0.25) is 0 Å². The molecule has 0 saturated heterocycles. The summed E-state index contributed by atoms with van der Waals surface area (Å²) in [5.74, 6) is 1.81. The van der Waals surface area contributed by atoms with Crippen LogP contribution in [-0.4, -0.2) is 18.7 Å². The predicted molar refractivity (Wildman–Crippen MR) is 91.3 cm³/mol. The number of rotatable bonds is 8. The molecule has 1 aromatic carbocycles. The first-order valence-electron chi connectivity index (χ1n) is 8.49. The predicted octanol–water partition coefficient (Wildman–Crippen LogP) is 5.27. The average Bonchev–Trinajstić information content (AvgIpc) is 3.33. The normalized spacial score (nSPS) is 18.9. The van der Waals surface area contributed by atoms with Crippen molar-refractivity contribution in [1.29, 1.82) is 0 Å². The molecule has 2 heteroatoms. The highest BCUT2D eigenvalue weighted by Crippen LogP contribution is 2.42. The van der Waals surface area contributed by atoms with Gasteiger partial charge in [-0.25, -0.2) is 0 Å². The molecule has 2 nitrogen and oxygen atoms in total. The average molecular weight is 289 g/mol. The number of nitrogens with zero attached hydrogens (tertiary/aromatic N) is 1. The number of benzene rings is 1. The summed E-state index contributed by atoms with van der Waals surface area (Å²) < 4.78 is 5.31. The van der Waals surface area contributed by atoms with Crippen LogP contribution in [0.3, 0.4) is 0 Å². The zero-order valence-electron chi connectivity index (χ0n) is 14.4. The molecule has 0 spiro atoms. The summed E-state index contributed by atoms with van der Waals surface area (Å²) in [5.41, 5.74) is 1.58. The number of methoxy groups -OCH3 is 1. The molecule has 1 saturated carbocycles. The van der Waals surface area contributed by atoms with E-state index in [0.717, 1.165) is 11.7 Å². The maximum Gasteiger partial charge on any atom is 0.119 e. The number of hydrogen-bond acceptors (Lipinski definition) is 2. The molecule has 2 rings (SSSR count). The molecule has 1 aliphatic rings. The second kappa shape index (κ2) is 6.72. The van der Waals surface area contributed by atoms with Crippen LogP contribution in [0.4, 0.5) is 5.69 Å². The third-order valence-electron chi connectivity index (χ3n) is 5.19. The van der Waals surface area contributed by atoms with Gasteiger partial charge in [0, 0.05) is 17.3 Å². The van der Waals surface area contributed by atoms with Gasteiger partial charge in [-0.3, -0.25) is 0 Å². The quantitative estimate of drug-likeness (QED) is 0.646. The van der Waals surface area contributed by atoms with E-state index in [1.807, 2.05) is 0 Å². The number of hydrogen-bond donors (Lipinski definition) is 0. The van der Waals surface area contributed by atoms with Crippen molar-refractivity contribution in [3.63, 3.8) is 0 Å². The minimum atomic E-state index is 0.241. The van der Waals surface area contributed by atoms with Crippen molar-refractivity contribution in [2.24, 2.45) is 5.92 Å². The van der Waals surface area contributed by atoms with Gasteiger partial charge in [-0.05, 0) is 69.7 Å². The lowest BCUT2D eigenvalue weighted by atomic mass is 9.88. The Kier molecular flexibility index (Phi) is 5.18. The Morgan fingerprint density at radius 2 is 1.86 bits per heavy atom. The van der Waals surface area contributed by atoms with Crippen molar-refractivity contribution >= 4 is 5.69 Å². The summed E-state index contributed by atoms with van der Waals surface area (Å²) in [5, 5.41) is 0. The molecule has 118 valence electrons. The van der Waals surface area contributed by atoms with Gasteiger partial charge in [0.2, 0.25) is 0 Å². The Morgan fingerprint density at radius 1 is 1.24 bits per heavy atom. The van der Waals surface area contributed by atoms with Crippen molar-refractivity contribution in [3.05, 3.63) is 24.3 Å². The second-order valence-corrected chi connectivity index (χ2v) is 6.75. The lowest BCUT2D eigenvalue weighted by molar-refractivity contribution is 0.334. The highest BCUT2D eigenvalue weighted by Gasteiger charge is 2.39. The first-order valence-corrected chi connectivity index (χ1v) is 8.49. The summed E-state index contributed by atoms with van der Waals surface area (Å²) in [6.45, 7) is 9.46. The lowest BCUT2D eigenvalue weighted by Crippen LogP contribution is -2.51. The Bertz CT molecular complexity index is 437. The van der Waals surface area contributed by atoms with E-state index in [4.69, 9.17) is 4.74 Å². The van der Waals surface area contributed by atoms with Gasteiger partial charge in [0.05, 0.1) is 7.11 Å². The topological polar surface area (TPSA) is 12.5 Å². The van der Waals surface area contributed by atoms with E-state index in [2.05, 4.69) is 56.9 Å². The minimum Gasteiger partial charge on any atom is -0.497 e. The van der Waals surface area contributed by atoms with Crippen LogP contribution in [0.1, 0.15) is 59.8 Å². The molecular weight excluding hydrogens is 258 g/mol. The Morgan fingerprint density at radius 3 is 2.29 bits per heavy atom. The van der Waals surface area contributed by atoms with Gasteiger partial charge >= 0.3 is 0 Å². The minimum absolute atomic E-state index is 0.241. The summed E-state index contributed by atoms with van der Waals surface area (Å²) in [6.07, 6.45) is 6.43. The van der Waals surface area contributed by atoms with Crippen molar-refractivity contribution in [3.8, 4) is 5.75 Å². The summed E-state index contributed by atoms with van der Waals surface area (Å²) in [4.78, 5) is 2.69. The van der Waals surface area contributed by atoms with Crippen LogP contribution in [0.5, 0.6) is 5.75 Å². The Labute approximate surface area is 130 Å². The van der Waals surface area contributed by atoms with Crippen molar-refractivity contribution in [2.75, 3.05) is 12.0 Å². The van der Waals surface area contributed by atoms with Gasteiger partial charge in [-0.15, -0.1) is 0 Å². The second-order valence-electron chi connectivity index (χ2n) is 6.75. The zero-order chi connectivity index (χ0) is 15.5. The fraction of sp³-hybridized carbons (Fsp3) is 0.684. The highest BCUT2D eigenvalue weighted by molar-refractivity contribution is 5.52. The molecule has 0 heterocycles. The van der Waals surface area contributed by atoms with Gasteiger partial charge in [0.1, 0.15) is 5.75 Å². The molecule has 2 atom stereocenters. The van der Waals surface area contributed by atoms with E-state index in [9.17, 15) is 0 Å². The molecule has 1 aromatic rings. The summed E-state index contributed by atoms with van der Waals surface area (Å²) in [7, 11) is 1.73. The maximum absolute atomic E-state index is 5.31. The highest BCUT2D eigenvalue weighted by atomic mass is 16.5. The lowest BCUT2D eigenvalue weighted by Gasteiger charge is -2.47. The molecule has 21 heavy (non-hydrogen) atoms. The fourth-order valence-electron chi connectivity index (χ4n) is 3.58. The first-order chi connectivity index (χ1) is 10.1. The van der Waals surface area contributed by atoms with Crippen LogP contribution in [0, 0.1) is 5.92 Å². The van der Waals surface area contributed by atoms with Crippen LogP contribution in [0.25, 0.3) is 0 Å². The molecule has 2 unspecified atom stereocenters. The van der Waals surface area contributed by atoms with E-state index < -0.39 is 0 Å². The van der Waals surface area contributed by atoms with E-state index in [1.165, 1.54) is 37.8 Å². The molecule has 0 N–H and O–H groups in total. The van der Waals surface area contributed by atoms with E-state index in [-0.39, 0.29) is 5.54 Å². The van der Waals surface area contributed by atoms with Crippen LogP contribution in [-0.2, 0) is 0 Å². The van der Waals surface area contributed by atoms with E-state index in [0.29, 0.717) is 6.04 Å². The van der Waals surface area contributed by atoms with Crippen molar-refractivity contribution in [2.45, 2.75) is 71.4 Å². The molecule has 0 bridgehead atoms. The molecule has 0 aliphatic heterocycles. The van der Waals surface area contributed by atoms with Gasteiger partial charge < -0.3 is 9.64 Å². The smallest absolute Gasteiger partial charge is 0.119 e. The van der Waals surface area contributed by atoms with Gasteiger partial charge in [0.25, 0.3) is 0 Å². The molecule has 0 aromatic heterocycles. The van der Waals surface area contributed by atoms with Gasteiger partial charge in [-0.2, -0.15) is 0 Å². The van der Waals surface area contributed by atoms with Gasteiger partial charge in [-0.1, -0.05) is 20.3 Å². The summed E-state index contributed by atoms with van der Waals surface area (Å²) in [6, 6.07) is 9.24. The zero-order valence-corrected chi connectivity index (χ0v) is 14.4. The number of ether oxygens (including phenoxy) is 1. The molecule has 0 radical (unpaired) electrons. The van der Waals surface area contributed by atoms with Crippen molar-refractivity contribution < 1.29 is 4.74 Å². The monoisotopic (exact) mass is 289 g/mol.